The minimum Gasteiger partial charge on any atom is -0.495 e. The highest BCUT2D eigenvalue weighted by Crippen LogP contribution is 2.32. The van der Waals surface area contributed by atoms with Crippen molar-refractivity contribution in [3.8, 4) is 5.75 Å². The van der Waals surface area contributed by atoms with Gasteiger partial charge in [0.15, 0.2) is 5.78 Å². The normalized spacial score (nSPS) is 13.6. The number of ketones is 1. The summed E-state index contributed by atoms with van der Waals surface area (Å²) in [7, 11) is 1.56. The number of anilines is 2. The number of benzene rings is 1. The molecule has 0 unspecified atom stereocenters. The van der Waals surface area contributed by atoms with Crippen LogP contribution in [-0.4, -0.2) is 32.6 Å². The van der Waals surface area contributed by atoms with Crippen LogP contribution in [0.1, 0.15) is 60.1 Å². The van der Waals surface area contributed by atoms with Crippen molar-refractivity contribution in [2.24, 2.45) is 0 Å². The van der Waals surface area contributed by atoms with Gasteiger partial charge in [0.2, 0.25) is 5.95 Å². The lowest BCUT2D eigenvalue weighted by Crippen LogP contribution is -2.17. The molecular formula is C23H26ClN5O2. The van der Waals surface area contributed by atoms with Crippen LogP contribution in [0.5, 0.6) is 5.75 Å². The second-order valence-electron chi connectivity index (χ2n) is 7.76. The van der Waals surface area contributed by atoms with Crippen molar-refractivity contribution in [1.29, 1.82) is 0 Å². The Hall–Kier alpha value is -2.93. The number of aryl methyl sites for hydroxylation is 2. The summed E-state index contributed by atoms with van der Waals surface area (Å²) in [5, 5.41) is 8.15. The van der Waals surface area contributed by atoms with Crippen molar-refractivity contribution in [3.63, 3.8) is 0 Å². The fraction of sp³-hybridized carbons (Fsp3) is 0.391. The van der Waals surface area contributed by atoms with E-state index in [4.69, 9.17) is 16.3 Å². The van der Waals surface area contributed by atoms with Crippen LogP contribution in [-0.2, 0) is 12.8 Å². The van der Waals surface area contributed by atoms with Crippen molar-refractivity contribution in [2.45, 2.75) is 51.5 Å². The van der Waals surface area contributed by atoms with Crippen LogP contribution in [0.2, 0.25) is 5.02 Å². The topological polar surface area (TPSA) is 81.9 Å². The Bertz CT molecular complexity index is 1060. The van der Waals surface area contributed by atoms with Gasteiger partial charge in [-0.2, -0.15) is 5.10 Å². The van der Waals surface area contributed by atoms with Gasteiger partial charge in [-0.15, -0.1) is 0 Å². The number of Topliss-reactive ketones (excluding diaryl/α,β-unsaturated/α-hetero) is 1. The van der Waals surface area contributed by atoms with Crippen molar-refractivity contribution in [2.75, 3.05) is 12.4 Å². The summed E-state index contributed by atoms with van der Waals surface area (Å²) >= 11 is 6.46. The molecule has 1 aliphatic carbocycles. The third kappa shape index (κ3) is 4.88. The number of nitrogens with one attached hydrogen (secondary N) is 1. The Labute approximate surface area is 186 Å². The van der Waals surface area contributed by atoms with Crippen molar-refractivity contribution < 1.29 is 9.53 Å². The van der Waals surface area contributed by atoms with E-state index in [1.807, 2.05) is 23.9 Å². The standard InChI is InChI=1S/C23H26ClN5O2/c1-3-20(30)17-9-16(22(24)21(10-17)31-2)8-7-15-11-25-23(26-12-15)28-18-13-27-29(14-18)19-5-4-6-19/h9-14,19H,3-8H2,1-2H3,(H,25,26,28). The predicted octanol–water partition coefficient (Wildman–Crippen LogP) is 5.18. The van der Waals surface area contributed by atoms with Crippen LogP contribution in [0.3, 0.4) is 0 Å². The molecule has 0 bridgehead atoms. The first-order valence-corrected chi connectivity index (χ1v) is 11.0. The van der Waals surface area contributed by atoms with Gasteiger partial charge in [0.1, 0.15) is 5.75 Å². The minimum atomic E-state index is 0.0654. The second kappa shape index (κ2) is 9.47. The van der Waals surface area contributed by atoms with Crippen LogP contribution >= 0.6 is 11.6 Å². The van der Waals surface area contributed by atoms with Gasteiger partial charge in [-0.1, -0.05) is 18.5 Å². The summed E-state index contributed by atoms with van der Waals surface area (Å²) in [6.45, 7) is 1.84. The highest BCUT2D eigenvalue weighted by atomic mass is 35.5. The predicted molar refractivity (Wildman–Crippen MR) is 120 cm³/mol. The summed E-state index contributed by atoms with van der Waals surface area (Å²) in [5.74, 6) is 1.12. The SMILES string of the molecule is CCC(=O)c1cc(CCc2cnc(Nc3cnn(C4CCC4)c3)nc2)c(Cl)c(OC)c1. The molecule has 2 heterocycles. The van der Waals surface area contributed by atoms with Gasteiger partial charge in [0.25, 0.3) is 0 Å². The maximum atomic E-state index is 12.1. The molecule has 0 spiro atoms. The number of aromatic nitrogens is 4. The summed E-state index contributed by atoms with van der Waals surface area (Å²) in [4.78, 5) is 21.0. The van der Waals surface area contributed by atoms with Crippen LogP contribution in [0.4, 0.5) is 11.6 Å². The first-order chi connectivity index (χ1) is 15.1. The number of ether oxygens (including phenoxy) is 1. The fourth-order valence-corrected chi connectivity index (χ4v) is 3.84. The fourth-order valence-electron chi connectivity index (χ4n) is 3.56. The van der Waals surface area contributed by atoms with E-state index in [1.165, 1.54) is 19.3 Å². The van der Waals surface area contributed by atoms with Gasteiger partial charge in [-0.05, 0) is 55.4 Å². The molecule has 8 heteroatoms. The van der Waals surface area contributed by atoms with Gasteiger partial charge in [-0.3, -0.25) is 9.48 Å². The monoisotopic (exact) mass is 439 g/mol. The lowest BCUT2D eigenvalue weighted by molar-refractivity contribution is 0.0987. The molecule has 0 radical (unpaired) electrons. The molecule has 2 aromatic heterocycles. The maximum absolute atomic E-state index is 12.1. The molecule has 4 rings (SSSR count). The molecule has 1 saturated carbocycles. The molecule has 0 amide bonds. The van der Waals surface area contributed by atoms with E-state index in [0.717, 1.165) is 16.8 Å². The average Bonchev–Trinajstić information content (AvgIpc) is 3.19. The Morgan fingerprint density at radius 1 is 1.23 bits per heavy atom. The third-order valence-corrected chi connectivity index (χ3v) is 6.10. The Morgan fingerprint density at radius 3 is 2.65 bits per heavy atom. The number of halogens is 1. The molecule has 0 aliphatic heterocycles. The van der Waals surface area contributed by atoms with E-state index >= 15 is 0 Å². The largest absolute Gasteiger partial charge is 0.495 e. The van der Waals surface area contributed by atoms with Crippen LogP contribution in [0.25, 0.3) is 0 Å². The third-order valence-electron chi connectivity index (χ3n) is 5.67. The van der Waals surface area contributed by atoms with E-state index in [0.29, 0.717) is 47.6 Å². The van der Waals surface area contributed by atoms with Crippen LogP contribution in [0.15, 0.2) is 36.9 Å². The number of carbonyl (C=O) groups excluding carboxylic acids is 1. The molecule has 1 aromatic carbocycles. The Kier molecular flexibility index (Phi) is 6.51. The lowest BCUT2D eigenvalue weighted by atomic mass is 9.93. The smallest absolute Gasteiger partial charge is 0.227 e. The highest BCUT2D eigenvalue weighted by Gasteiger charge is 2.20. The van der Waals surface area contributed by atoms with Gasteiger partial charge >= 0.3 is 0 Å². The molecule has 1 N–H and O–H groups in total. The number of rotatable bonds is 9. The first kappa shape index (κ1) is 21.3. The zero-order valence-corrected chi connectivity index (χ0v) is 18.5. The van der Waals surface area contributed by atoms with Gasteiger partial charge in [0, 0.05) is 30.6 Å². The zero-order chi connectivity index (χ0) is 21.8. The second-order valence-corrected chi connectivity index (χ2v) is 8.14. The van der Waals surface area contributed by atoms with E-state index in [2.05, 4.69) is 20.4 Å². The highest BCUT2D eigenvalue weighted by molar-refractivity contribution is 6.33. The van der Waals surface area contributed by atoms with Crippen LogP contribution < -0.4 is 10.1 Å². The van der Waals surface area contributed by atoms with Gasteiger partial charge in [0.05, 0.1) is 30.1 Å². The number of nitrogens with zero attached hydrogens (tertiary/aromatic N) is 4. The summed E-state index contributed by atoms with van der Waals surface area (Å²) in [6, 6.07) is 4.08. The van der Waals surface area contributed by atoms with E-state index in [9.17, 15) is 4.79 Å². The summed E-state index contributed by atoms with van der Waals surface area (Å²) in [5.41, 5.74) is 3.37. The van der Waals surface area contributed by atoms with Crippen molar-refractivity contribution in [3.05, 3.63) is 58.6 Å². The Balaban J connectivity index is 1.40. The zero-order valence-electron chi connectivity index (χ0n) is 17.8. The number of methoxy groups -OCH3 is 1. The van der Waals surface area contributed by atoms with Gasteiger partial charge < -0.3 is 10.1 Å². The minimum absolute atomic E-state index is 0.0654. The average molecular weight is 440 g/mol. The molecule has 31 heavy (non-hydrogen) atoms. The number of carbonyl (C=O) groups is 1. The molecule has 162 valence electrons. The first-order valence-electron chi connectivity index (χ1n) is 10.6. The summed E-state index contributed by atoms with van der Waals surface area (Å²) in [6.07, 6.45) is 12.9. The molecule has 7 nitrogen and oxygen atoms in total. The van der Waals surface area contributed by atoms with E-state index < -0.39 is 0 Å². The lowest BCUT2D eigenvalue weighted by Gasteiger charge is -2.25. The van der Waals surface area contributed by atoms with E-state index in [-0.39, 0.29) is 5.78 Å². The molecule has 0 saturated heterocycles. The molecular weight excluding hydrogens is 414 g/mol. The van der Waals surface area contributed by atoms with Crippen LogP contribution in [0, 0.1) is 0 Å². The molecule has 3 aromatic rings. The Morgan fingerprint density at radius 2 is 2.00 bits per heavy atom. The molecule has 0 atom stereocenters. The molecule has 1 fully saturated rings. The maximum Gasteiger partial charge on any atom is 0.227 e. The van der Waals surface area contributed by atoms with E-state index in [1.54, 1.807) is 31.8 Å². The molecule has 1 aliphatic rings. The summed E-state index contributed by atoms with van der Waals surface area (Å²) < 4.78 is 7.36. The quantitative estimate of drug-likeness (QED) is 0.462. The van der Waals surface area contributed by atoms with Crippen molar-refractivity contribution >= 4 is 29.0 Å². The van der Waals surface area contributed by atoms with Crippen molar-refractivity contribution in [1.82, 2.24) is 19.7 Å². The van der Waals surface area contributed by atoms with Gasteiger partial charge in [-0.25, -0.2) is 9.97 Å². The number of hydrogen-bond acceptors (Lipinski definition) is 6. The number of hydrogen-bond donors (Lipinski definition) is 1.